The van der Waals surface area contributed by atoms with E-state index in [9.17, 15) is 31.5 Å². The number of halogens is 5. The first-order valence-corrected chi connectivity index (χ1v) is 6.21. The number of carbonyl (C=O) groups is 2. The highest BCUT2D eigenvalue weighted by Gasteiger charge is 2.27. The fourth-order valence-electron chi connectivity index (χ4n) is 1.46. The van der Waals surface area contributed by atoms with Crippen molar-refractivity contribution >= 4 is 28.9 Å². The molecule has 0 fully saturated rings. The minimum absolute atomic E-state index is 0.234. The summed E-state index contributed by atoms with van der Waals surface area (Å²) in [7, 11) is 0. The molecule has 10 heteroatoms. The zero-order valence-electron chi connectivity index (χ0n) is 10.2. The monoisotopic (exact) mass is 337 g/mol. The van der Waals surface area contributed by atoms with E-state index in [1.807, 2.05) is 0 Å². The van der Waals surface area contributed by atoms with E-state index in [4.69, 9.17) is 5.11 Å². The highest BCUT2D eigenvalue weighted by Crippen LogP contribution is 2.28. The molecule has 116 valence electrons. The SMILES string of the molecule is O=C(O)c1ccc(C(=O)Nc2c(F)c(F)c(F)c(F)c2F)s1. The Hall–Kier alpha value is -2.49. The summed E-state index contributed by atoms with van der Waals surface area (Å²) in [6.07, 6.45) is 0. The van der Waals surface area contributed by atoms with Gasteiger partial charge in [-0.25, -0.2) is 26.7 Å². The predicted octanol–water partition coefficient (Wildman–Crippen LogP) is 3.39. The minimum Gasteiger partial charge on any atom is -0.477 e. The molecule has 1 aromatic heterocycles. The summed E-state index contributed by atoms with van der Waals surface area (Å²) in [6.45, 7) is 0. The summed E-state index contributed by atoms with van der Waals surface area (Å²) in [5.41, 5.74) is -1.51. The smallest absolute Gasteiger partial charge is 0.345 e. The number of carbonyl (C=O) groups excluding carboxylic acids is 1. The maximum atomic E-state index is 13.4. The van der Waals surface area contributed by atoms with Gasteiger partial charge in [-0.2, -0.15) is 0 Å². The van der Waals surface area contributed by atoms with Crippen LogP contribution in [0.3, 0.4) is 0 Å². The van der Waals surface area contributed by atoms with Gasteiger partial charge in [0.15, 0.2) is 23.3 Å². The highest BCUT2D eigenvalue weighted by atomic mass is 32.1. The number of carboxylic acid groups (broad SMARTS) is 1. The van der Waals surface area contributed by atoms with Gasteiger partial charge in [-0.15, -0.1) is 11.3 Å². The first-order chi connectivity index (χ1) is 10.2. The van der Waals surface area contributed by atoms with Gasteiger partial charge >= 0.3 is 5.97 Å². The molecule has 22 heavy (non-hydrogen) atoms. The predicted molar refractivity (Wildman–Crippen MR) is 65.5 cm³/mol. The van der Waals surface area contributed by atoms with Gasteiger partial charge in [0.05, 0.1) is 4.88 Å². The van der Waals surface area contributed by atoms with E-state index in [1.54, 1.807) is 0 Å². The van der Waals surface area contributed by atoms with E-state index in [-0.39, 0.29) is 9.75 Å². The number of thiophene rings is 1. The van der Waals surface area contributed by atoms with E-state index in [0.29, 0.717) is 11.3 Å². The fourth-order valence-corrected chi connectivity index (χ4v) is 2.20. The quantitative estimate of drug-likeness (QED) is 0.513. The lowest BCUT2D eigenvalue weighted by Crippen LogP contribution is -2.16. The van der Waals surface area contributed by atoms with Crippen LogP contribution < -0.4 is 5.32 Å². The molecule has 2 N–H and O–H groups in total. The first kappa shape index (κ1) is 15.9. The fraction of sp³-hybridized carbons (Fsp3) is 0. The number of benzene rings is 1. The number of nitrogens with one attached hydrogen (secondary N) is 1. The second-order valence-corrected chi connectivity index (χ2v) is 4.95. The van der Waals surface area contributed by atoms with Gasteiger partial charge in [0.2, 0.25) is 5.82 Å². The summed E-state index contributed by atoms with van der Waals surface area (Å²) >= 11 is 0.474. The molecule has 1 heterocycles. The van der Waals surface area contributed by atoms with Crippen molar-refractivity contribution < 1.29 is 36.6 Å². The van der Waals surface area contributed by atoms with Gasteiger partial charge in [0.25, 0.3) is 5.91 Å². The maximum absolute atomic E-state index is 13.4. The van der Waals surface area contributed by atoms with Crippen molar-refractivity contribution in [2.75, 3.05) is 5.32 Å². The van der Waals surface area contributed by atoms with Crippen molar-refractivity contribution in [1.29, 1.82) is 0 Å². The number of amides is 1. The molecule has 2 aromatic rings. The van der Waals surface area contributed by atoms with Crippen LogP contribution in [0.15, 0.2) is 12.1 Å². The molecule has 1 aromatic carbocycles. The van der Waals surface area contributed by atoms with Crippen LogP contribution in [-0.4, -0.2) is 17.0 Å². The number of anilines is 1. The third kappa shape index (κ3) is 2.64. The molecule has 0 bridgehead atoms. The molecule has 0 aliphatic rings. The lowest BCUT2D eigenvalue weighted by Gasteiger charge is -2.08. The summed E-state index contributed by atoms with van der Waals surface area (Å²) in [6, 6.07) is 2.09. The van der Waals surface area contributed by atoms with Crippen LogP contribution in [0.1, 0.15) is 19.3 Å². The van der Waals surface area contributed by atoms with Crippen molar-refractivity contribution in [2.45, 2.75) is 0 Å². The van der Waals surface area contributed by atoms with Crippen LogP contribution in [0, 0.1) is 29.1 Å². The summed E-state index contributed by atoms with van der Waals surface area (Å²) in [4.78, 5) is 21.8. The topological polar surface area (TPSA) is 66.4 Å². The van der Waals surface area contributed by atoms with Crippen LogP contribution >= 0.6 is 11.3 Å². The molecular formula is C12H4F5NO3S. The van der Waals surface area contributed by atoms with Crippen molar-refractivity contribution in [3.63, 3.8) is 0 Å². The van der Waals surface area contributed by atoms with Crippen molar-refractivity contribution in [2.24, 2.45) is 0 Å². The Labute approximate surface area is 122 Å². The van der Waals surface area contributed by atoms with Gasteiger partial charge < -0.3 is 10.4 Å². The normalized spacial score (nSPS) is 10.6. The van der Waals surface area contributed by atoms with Gasteiger partial charge in [-0.1, -0.05) is 0 Å². The number of hydrogen-bond acceptors (Lipinski definition) is 3. The molecule has 1 amide bonds. The largest absolute Gasteiger partial charge is 0.477 e. The Morgan fingerprint density at radius 3 is 1.77 bits per heavy atom. The molecule has 4 nitrogen and oxygen atoms in total. The highest BCUT2D eigenvalue weighted by molar-refractivity contribution is 7.15. The molecule has 0 spiro atoms. The van der Waals surface area contributed by atoms with Crippen molar-refractivity contribution in [3.05, 3.63) is 51.0 Å². The maximum Gasteiger partial charge on any atom is 0.345 e. The van der Waals surface area contributed by atoms with Crippen LogP contribution in [0.2, 0.25) is 0 Å². The molecule has 0 aliphatic carbocycles. The van der Waals surface area contributed by atoms with Crippen LogP contribution in [0.5, 0.6) is 0 Å². The number of rotatable bonds is 3. The van der Waals surface area contributed by atoms with E-state index in [1.165, 1.54) is 5.32 Å². The Kier molecular flexibility index (Phi) is 4.13. The summed E-state index contributed by atoms with van der Waals surface area (Å²) < 4.78 is 65.6. The van der Waals surface area contributed by atoms with Crippen LogP contribution in [0.4, 0.5) is 27.6 Å². The van der Waals surface area contributed by atoms with Gasteiger partial charge in [-0.05, 0) is 12.1 Å². The Bertz CT molecular complexity index is 760. The van der Waals surface area contributed by atoms with Gasteiger partial charge in [0, 0.05) is 0 Å². The Morgan fingerprint density at radius 2 is 1.32 bits per heavy atom. The second-order valence-electron chi connectivity index (χ2n) is 3.87. The van der Waals surface area contributed by atoms with Gasteiger partial charge in [-0.3, -0.25) is 4.79 Å². The molecule has 2 rings (SSSR count). The van der Waals surface area contributed by atoms with E-state index >= 15 is 0 Å². The van der Waals surface area contributed by atoms with Crippen LogP contribution in [0.25, 0.3) is 0 Å². The van der Waals surface area contributed by atoms with Crippen LogP contribution in [-0.2, 0) is 0 Å². The molecule has 0 unspecified atom stereocenters. The lowest BCUT2D eigenvalue weighted by molar-refractivity contribution is 0.0702. The average molecular weight is 337 g/mol. The summed E-state index contributed by atoms with van der Waals surface area (Å²) in [5, 5.41) is 10.2. The zero-order chi connectivity index (χ0) is 16.6. The van der Waals surface area contributed by atoms with E-state index in [2.05, 4.69) is 0 Å². The lowest BCUT2D eigenvalue weighted by atomic mass is 10.2. The number of aromatic carboxylic acids is 1. The molecular weight excluding hydrogens is 333 g/mol. The second kappa shape index (κ2) is 5.72. The Balaban J connectivity index is 2.38. The first-order valence-electron chi connectivity index (χ1n) is 5.40. The average Bonchev–Trinajstić information content (AvgIpc) is 2.97. The number of hydrogen-bond donors (Lipinski definition) is 2. The summed E-state index contributed by atoms with van der Waals surface area (Å²) in [5.74, 6) is -13.7. The molecule has 0 saturated carbocycles. The third-order valence-electron chi connectivity index (χ3n) is 2.49. The molecule has 0 aliphatic heterocycles. The zero-order valence-corrected chi connectivity index (χ0v) is 11.0. The van der Waals surface area contributed by atoms with Gasteiger partial charge in [0.1, 0.15) is 10.6 Å². The molecule has 0 saturated heterocycles. The number of carboxylic acids is 1. The van der Waals surface area contributed by atoms with E-state index < -0.39 is 46.6 Å². The van der Waals surface area contributed by atoms with Crippen molar-refractivity contribution in [1.82, 2.24) is 0 Å². The third-order valence-corrected chi connectivity index (χ3v) is 3.56. The molecule has 0 atom stereocenters. The Morgan fingerprint density at radius 1 is 0.864 bits per heavy atom. The molecule has 0 radical (unpaired) electrons. The minimum atomic E-state index is -2.35. The van der Waals surface area contributed by atoms with Crippen molar-refractivity contribution in [3.8, 4) is 0 Å². The standard InChI is InChI=1S/C12H4F5NO3S/c13-5-6(14)8(16)10(9(17)7(5)15)18-11(19)3-1-2-4(22-3)12(20)21/h1-2H,(H,18,19)(H,20,21). The van der Waals surface area contributed by atoms with E-state index in [0.717, 1.165) is 12.1 Å².